The van der Waals surface area contributed by atoms with Crippen molar-refractivity contribution in [3.05, 3.63) is 58.7 Å². The van der Waals surface area contributed by atoms with Crippen LogP contribution in [-0.2, 0) is 26.0 Å². The highest BCUT2D eigenvalue weighted by Gasteiger charge is 2.26. The SMILES string of the molecule is Cc1ccc(C)c(OCC(=O)NCCc2ccc(S(=O)(=O)N3CCOCC3)cc2)c1C. The fraction of sp³-hybridized carbons (Fsp3) is 0.435. The molecule has 1 fully saturated rings. The molecule has 0 bridgehead atoms. The Bertz CT molecular complexity index is 1010. The predicted molar refractivity (Wildman–Crippen MR) is 119 cm³/mol. The Kier molecular flexibility index (Phi) is 7.69. The number of carbonyl (C=O) groups excluding carboxylic acids is 1. The van der Waals surface area contributed by atoms with Crippen molar-refractivity contribution in [2.24, 2.45) is 0 Å². The molecule has 1 N–H and O–H groups in total. The van der Waals surface area contributed by atoms with Gasteiger partial charge in [0.1, 0.15) is 5.75 Å². The minimum atomic E-state index is -3.49. The molecule has 1 heterocycles. The van der Waals surface area contributed by atoms with E-state index in [4.69, 9.17) is 9.47 Å². The first kappa shape index (κ1) is 23.2. The lowest BCUT2D eigenvalue weighted by atomic mass is 10.1. The molecular formula is C23H30N2O5S. The van der Waals surface area contributed by atoms with Gasteiger partial charge in [0.2, 0.25) is 10.0 Å². The summed E-state index contributed by atoms with van der Waals surface area (Å²) < 4.78 is 37.7. The Labute approximate surface area is 184 Å². The summed E-state index contributed by atoms with van der Waals surface area (Å²) in [5.41, 5.74) is 4.12. The molecule has 1 amide bonds. The lowest BCUT2D eigenvalue weighted by Gasteiger charge is -2.26. The van der Waals surface area contributed by atoms with Gasteiger partial charge in [-0.15, -0.1) is 0 Å². The molecule has 168 valence electrons. The zero-order valence-electron chi connectivity index (χ0n) is 18.3. The Morgan fingerprint density at radius 2 is 1.68 bits per heavy atom. The summed E-state index contributed by atoms with van der Waals surface area (Å²) in [6, 6.07) is 10.8. The van der Waals surface area contributed by atoms with Crippen LogP contribution >= 0.6 is 0 Å². The molecule has 3 rings (SSSR count). The molecule has 0 atom stereocenters. The van der Waals surface area contributed by atoms with E-state index >= 15 is 0 Å². The summed E-state index contributed by atoms with van der Waals surface area (Å²) in [7, 11) is -3.49. The van der Waals surface area contributed by atoms with E-state index in [1.54, 1.807) is 24.3 Å². The lowest BCUT2D eigenvalue weighted by molar-refractivity contribution is -0.123. The minimum Gasteiger partial charge on any atom is -0.483 e. The van der Waals surface area contributed by atoms with E-state index in [1.807, 2.05) is 32.9 Å². The Hall–Kier alpha value is -2.42. The number of ether oxygens (including phenoxy) is 2. The topological polar surface area (TPSA) is 84.9 Å². The third-order valence-corrected chi connectivity index (χ3v) is 7.40. The van der Waals surface area contributed by atoms with Crippen molar-refractivity contribution >= 4 is 15.9 Å². The number of hydrogen-bond donors (Lipinski definition) is 1. The second-order valence-corrected chi connectivity index (χ2v) is 9.64. The van der Waals surface area contributed by atoms with Crippen LogP contribution in [0.5, 0.6) is 5.75 Å². The molecule has 8 heteroatoms. The summed E-state index contributed by atoms with van der Waals surface area (Å²) >= 11 is 0. The number of amides is 1. The van der Waals surface area contributed by atoms with Crippen molar-refractivity contribution in [1.82, 2.24) is 9.62 Å². The smallest absolute Gasteiger partial charge is 0.257 e. The van der Waals surface area contributed by atoms with E-state index < -0.39 is 10.0 Å². The van der Waals surface area contributed by atoms with Crippen LogP contribution in [0.4, 0.5) is 0 Å². The largest absolute Gasteiger partial charge is 0.483 e. The molecule has 2 aromatic rings. The molecule has 1 aliphatic heterocycles. The number of nitrogens with zero attached hydrogens (tertiary/aromatic N) is 1. The first-order valence-electron chi connectivity index (χ1n) is 10.4. The molecule has 0 saturated carbocycles. The van der Waals surface area contributed by atoms with Gasteiger partial charge >= 0.3 is 0 Å². The molecule has 1 aliphatic rings. The summed E-state index contributed by atoms with van der Waals surface area (Å²) in [5, 5.41) is 2.85. The fourth-order valence-electron chi connectivity index (χ4n) is 3.45. The van der Waals surface area contributed by atoms with Gasteiger partial charge < -0.3 is 14.8 Å². The number of benzene rings is 2. The van der Waals surface area contributed by atoms with E-state index in [2.05, 4.69) is 5.32 Å². The van der Waals surface area contributed by atoms with E-state index in [1.165, 1.54) is 4.31 Å². The van der Waals surface area contributed by atoms with Crippen LogP contribution in [0, 0.1) is 20.8 Å². The van der Waals surface area contributed by atoms with Crippen molar-refractivity contribution < 1.29 is 22.7 Å². The van der Waals surface area contributed by atoms with Gasteiger partial charge in [-0.25, -0.2) is 8.42 Å². The van der Waals surface area contributed by atoms with Crippen molar-refractivity contribution in [3.63, 3.8) is 0 Å². The normalized spacial score (nSPS) is 14.9. The van der Waals surface area contributed by atoms with Crippen LogP contribution in [0.25, 0.3) is 0 Å². The zero-order valence-corrected chi connectivity index (χ0v) is 19.1. The van der Waals surface area contributed by atoms with E-state index in [0.29, 0.717) is 39.3 Å². The van der Waals surface area contributed by atoms with Crippen LogP contribution in [0.2, 0.25) is 0 Å². The van der Waals surface area contributed by atoms with Gasteiger partial charge in [-0.1, -0.05) is 24.3 Å². The van der Waals surface area contributed by atoms with Crippen molar-refractivity contribution in [2.75, 3.05) is 39.5 Å². The lowest BCUT2D eigenvalue weighted by Crippen LogP contribution is -2.40. The second-order valence-electron chi connectivity index (χ2n) is 7.70. The number of carbonyl (C=O) groups is 1. The first-order valence-corrected chi connectivity index (χ1v) is 11.9. The molecule has 0 spiro atoms. The molecule has 7 nitrogen and oxygen atoms in total. The van der Waals surface area contributed by atoms with Crippen LogP contribution in [0.1, 0.15) is 22.3 Å². The van der Waals surface area contributed by atoms with Crippen molar-refractivity contribution in [3.8, 4) is 5.75 Å². The van der Waals surface area contributed by atoms with Gasteiger partial charge in [-0.3, -0.25) is 4.79 Å². The Morgan fingerprint density at radius 1 is 1.03 bits per heavy atom. The second kappa shape index (κ2) is 10.3. The van der Waals surface area contributed by atoms with E-state index in [0.717, 1.165) is 28.0 Å². The quantitative estimate of drug-likeness (QED) is 0.673. The Balaban J connectivity index is 1.47. The molecule has 1 saturated heterocycles. The van der Waals surface area contributed by atoms with E-state index in [-0.39, 0.29) is 17.4 Å². The molecule has 0 radical (unpaired) electrons. The molecular weight excluding hydrogens is 416 g/mol. The highest BCUT2D eigenvalue weighted by molar-refractivity contribution is 7.89. The average molecular weight is 447 g/mol. The zero-order chi connectivity index (χ0) is 22.4. The van der Waals surface area contributed by atoms with Gasteiger partial charge in [0.15, 0.2) is 6.61 Å². The van der Waals surface area contributed by atoms with Gasteiger partial charge in [-0.05, 0) is 61.6 Å². The summed E-state index contributed by atoms with van der Waals surface area (Å²) in [6.07, 6.45) is 0.603. The van der Waals surface area contributed by atoms with Gasteiger partial charge in [0, 0.05) is 19.6 Å². The Morgan fingerprint density at radius 3 is 2.35 bits per heavy atom. The summed E-state index contributed by atoms with van der Waals surface area (Å²) in [6.45, 7) is 7.96. The summed E-state index contributed by atoms with van der Waals surface area (Å²) in [5.74, 6) is 0.569. The maximum Gasteiger partial charge on any atom is 0.257 e. The third-order valence-electron chi connectivity index (χ3n) is 5.49. The predicted octanol–water partition coefficient (Wildman–Crippen LogP) is 2.37. The highest BCUT2D eigenvalue weighted by atomic mass is 32.2. The maximum absolute atomic E-state index is 12.7. The monoisotopic (exact) mass is 446 g/mol. The number of rotatable bonds is 8. The molecule has 31 heavy (non-hydrogen) atoms. The van der Waals surface area contributed by atoms with Crippen LogP contribution < -0.4 is 10.1 Å². The number of aryl methyl sites for hydroxylation is 2. The van der Waals surface area contributed by atoms with Gasteiger partial charge in [0.25, 0.3) is 5.91 Å². The molecule has 0 aliphatic carbocycles. The van der Waals surface area contributed by atoms with Crippen LogP contribution in [0.15, 0.2) is 41.3 Å². The number of morpholine rings is 1. The van der Waals surface area contributed by atoms with E-state index in [9.17, 15) is 13.2 Å². The van der Waals surface area contributed by atoms with Crippen molar-refractivity contribution in [2.45, 2.75) is 32.1 Å². The number of hydrogen-bond acceptors (Lipinski definition) is 5. The van der Waals surface area contributed by atoms with Crippen LogP contribution in [-0.4, -0.2) is 58.1 Å². The highest BCUT2D eigenvalue weighted by Crippen LogP contribution is 2.25. The summed E-state index contributed by atoms with van der Waals surface area (Å²) in [4.78, 5) is 12.4. The maximum atomic E-state index is 12.7. The average Bonchev–Trinajstić information content (AvgIpc) is 2.77. The molecule has 2 aromatic carbocycles. The standard InChI is InChI=1S/C23H30N2O5S/c1-17-4-5-18(2)23(19(17)3)30-16-22(26)24-11-10-20-6-8-21(9-7-20)31(27,28)25-12-14-29-15-13-25/h4-9H,10-16H2,1-3H3,(H,24,26). The number of sulfonamides is 1. The first-order chi connectivity index (χ1) is 14.8. The minimum absolute atomic E-state index is 0.0398. The molecule has 0 unspecified atom stereocenters. The van der Waals surface area contributed by atoms with Gasteiger partial charge in [-0.2, -0.15) is 4.31 Å². The molecule has 0 aromatic heterocycles. The number of nitrogens with one attached hydrogen (secondary N) is 1. The van der Waals surface area contributed by atoms with Crippen molar-refractivity contribution in [1.29, 1.82) is 0 Å². The fourth-order valence-corrected chi connectivity index (χ4v) is 4.85. The third kappa shape index (κ3) is 5.84. The van der Waals surface area contributed by atoms with Crippen LogP contribution in [0.3, 0.4) is 0 Å². The van der Waals surface area contributed by atoms with Gasteiger partial charge in [0.05, 0.1) is 18.1 Å².